The predicted octanol–water partition coefficient (Wildman–Crippen LogP) is 2.50. The van der Waals surface area contributed by atoms with Crippen LogP contribution in [0.4, 0.5) is 17.2 Å². The van der Waals surface area contributed by atoms with Gasteiger partial charge in [-0.2, -0.15) is 0 Å². The third-order valence-electron chi connectivity index (χ3n) is 3.52. The Kier molecular flexibility index (Phi) is 5.68. The van der Waals surface area contributed by atoms with Gasteiger partial charge in [0.2, 0.25) is 5.91 Å². The van der Waals surface area contributed by atoms with E-state index in [1.54, 1.807) is 30.5 Å². The van der Waals surface area contributed by atoms with Gasteiger partial charge in [0.05, 0.1) is 24.6 Å². The van der Waals surface area contributed by atoms with Crippen LogP contribution in [0.25, 0.3) is 0 Å². The van der Waals surface area contributed by atoms with Crippen LogP contribution in [0.2, 0.25) is 0 Å². The number of benzene rings is 1. The maximum absolute atomic E-state index is 12.1. The number of carbonyl (C=O) groups is 2. The van der Waals surface area contributed by atoms with Gasteiger partial charge in [0.25, 0.3) is 5.91 Å². The number of carbonyl (C=O) groups excluding carboxylic acids is 2. The molecule has 3 rings (SSSR count). The Labute approximate surface area is 156 Å². The van der Waals surface area contributed by atoms with E-state index in [-0.39, 0.29) is 17.5 Å². The zero-order chi connectivity index (χ0) is 19.1. The first-order chi connectivity index (χ1) is 13.1. The quantitative estimate of drug-likeness (QED) is 0.622. The molecule has 0 fully saturated rings. The molecule has 0 bridgehead atoms. The first-order valence-corrected chi connectivity index (χ1v) is 8.25. The summed E-state index contributed by atoms with van der Waals surface area (Å²) in [5, 5.41) is 8.52. The van der Waals surface area contributed by atoms with Crippen molar-refractivity contribution in [3.63, 3.8) is 0 Å². The number of anilines is 3. The monoisotopic (exact) mass is 362 g/mol. The van der Waals surface area contributed by atoms with Gasteiger partial charge in [-0.25, -0.2) is 9.97 Å². The zero-order valence-electron chi connectivity index (χ0n) is 14.6. The summed E-state index contributed by atoms with van der Waals surface area (Å²) in [6.45, 7) is 1.78. The summed E-state index contributed by atoms with van der Waals surface area (Å²) in [6, 6.07) is 12.7. The van der Waals surface area contributed by atoms with Crippen LogP contribution in [-0.2, 0) is 11.3 Å². The Hall–Kier alpha value is -3.81. The third kappa shape index (κ3) is 5.33. The van der Waals surface area contributed by atoms with Crippen molar-refractivity contribution in [1.29, 1.82) is 0 Å². The highest BCUT2D eigenvalue weighted by Gasteiger charge is 2.08. The number of rotatable bonds is 6. The van der Waals surface area contributed by atoms with Crippen molar-refractivity contribution in [2.75, 3.05) is 10.6 Å². The minimum Gasteiger partial charge on any atom is -0.345 e. The van der Waals surface area contributed by atoms with E-state index < -0.39 is 0 Å². The minimum atomic E-state index is -0.320. The van der Waals surface area contributed by atoms with E-state index in [4.69, 9.17) is 0 Å². The molecule has 0 unspecified atom stereocenters. The lowest BCUT2D eigenvalue weighted by Crippen LogP contribution is -2.24. The first kappa shape index (κ1) is 18.0. The second-order valence-electron chi connectivity index (χ2n) is 5.67. The van der Waals surface area contributed by atoms with Crippen LogP contribution in [0.15, 0.2) is 61.1 Å². The summed E-state index contributed by atoms with van der Waals surface area (Å²) in [7, 11) is 0. The van der Waals surface area contributed by atoms with Gasteiger partial charge in [-0.1, -0.05) is 6.07 Å². The minimum absolute atomic E-state index is 0.126. The molecule has 3 aromatic rings. The molecule has 0 aliphatic heterocycles. The lowest BCUT2D eigenvalue weighted by Gasteiger charge is -2.08. The zero-order valence-corrected chi connectivity index (χ0v) is 14.6. The van der Waals surface area contributed by atoms with E-state index in [2.05, 4.69) is 30.9 Å². The Bertz CT molecular complexity index is 911. The summed E-state index contributed by atoms with van der Waals surface area (Å²) in [5.41, 5.74) is 2.47. The van der Waals surface area contributed by atoms with Crippen molar-refractivity contribution in [2.24, 2.45) is 0 Å². The number of pyridine rings is 1. The molecule has 1 aromatic carbocycles. The van der Waals surface area contributed by atoms with Crippen LogP contribution in [0.3, 0.4) is 0 Å². The van der Waals surface area contributed by atoms with Crippen molar-refractivity contribution < 1.29 is 9.59 Å². The number of amides is 2. The fraction of sp³-hybridized carbons (Fsp3) is 0.105. The van der Waals surface area contributed by atoms with Gasteiger partial charge in [0.15, 0.2) is 0 Å². The highest BCUT2D eigenvalue weighted by molar-refractivity contribution is 5.92. The number of hydrogen-bond donors (Lipinski definition) is 3. The summed E-state index contributed by atoms with van der Waals surface area (Å²) in [6.07, 6.45) is 4.56. The van der Waals surface area contributed by atoms with Gasteiger partial charge in [0.1, 0.15) is 11.5 Å². The molecule has 136 valence electrons. The van der Waals surface area contributed by atoms with E-state index in [1.165, 1.54) is 19.3 Å². The fourth-order valence-corrected chi connectivity index (χ4v) is 2.26. The number of aromatic nitrogens is 3. The Balaban J connectivity index is 1.56. The third-order valence-corrected chi connectivity index (χ3v) is 3.52. The molecule has 0 aliphatic carbocycles. The number of nitrogens with one attached hydrogen (secondary N) is 3. The van der Waals surface area contributed by atoms with Crippen molar-refractivity contribution in [1.82, 2.24) is 20.3 Å². The second-order valence-corrected chi connectivity index (χ2v) is 5.67. The van der Waals surface area contributed by atoms with Gasteiger partial charge in [0, 0.05) is 24.5 Å². The maximum Gasteiger partial charge on any atom is 0.271 e. The van der Waals surface area contributed by atoms with Crippen LogP contribution in [0.1, 0.15) is 23.1 Å². The van der Waals surface area contributed by atoms with E-state index >= 15 is 0 Å². The van der Waals surface area contributed by atoms with Gasteiger partial charge >= 0.3 is 0 Å². The second kappa shape index (κ2) is 8.52. The summed E-state index contributed by atoms with van der Waals surface area (Å²) >= 11 is 0. The highest BCUT2D eigenvalue weighted by atomic mass is 16.2. The number of hydrogen-bond acceptors (Lipinski definition) is 6. The van der Waals surface area contributed by atoms with Gasteiger partial charge in [-0.15, -0.1) is 0 Å². The Morgan fingerprint density at radius 3 is 2.33 bits per heavy atom. The molecule has 8 heteroatoms. The Morgan fingerprint density at radius 2 is 1.70 bits per heavy atom. The molecule has 0 radical (unpaired) electrons. The molecule has 2 heterocycles. The standard InChI is InChI=1S/C19H18N6O2/c1-13(26)24-14-5-7-15(8-6-14)25-18-12-21-17(11-22-18)19(27)23-10-16-4-2-3-9-20-16/h2-9,11-12H,10H2,1H3,(H,22,25)(H,23,27)(H,24,26). The summed E-state index contributed by atoms with van der Waals surface area (Å²) in [4.78, 5) is 35.6. The summed E-state index contributed by atoms with van der Waals surface area (Å²) < 4.78 is 0. The van der Waals surface area contributed by atoms with E-state index in [9.17, 15) is 9.59 Å². The normalized spacial score (nSPS) is 10.1. The van der Waals surface area contributed by atoms with Gasteiger partial charge in [-0.05, 0) is 36.4 Å². The van der Waals surface area contributed by atoms with E-state index in [1.807, 2.05) is 18.2 Å². The van der Waals surface area contributed by atoms with Gasteiger partial charge < -0.3 is 16.0 Å². The first-order valence-electron chi connectivity index (χ1n) is 8.25. The molecule has 0 saturated carbocycles. The lowest BCUT2D eigenvalue weighted by molar-refractivity contribution is -0.114. The van der Waals surface area contributed by atoms with Crippen LogP contribution in [0, 0.1) is 0 Å². The molecule has 8 nitrogen and oxygen atoms in total. The largest absolute Gasteiger partial charge is 0.345 e. The molecule has 0 saturated heterocycles. The van der Waals surface area contributed by atoms with Crippen molar-refractivity contribution in [2.45, 2.75) is 13.5 Å². The lowest BCUT2D eigenvalue weighted by atomic mass is 10.2. The average Bonchev–Trinajstić information content (AvgIpc) is 2.69. The average molecular weight is 362 g/mol. The topological polar surface area (TPSA) is 109 Å². The van der Waals surface area contributed by atoms with Crippen LogP contribution >= 0.6 is 0 Å². The number of nitrogens with zero attached hydrogens (tertiary/aromatic N) is 3. The molecule has 0 atom stereocenters. The molecule has 3 N–H and O–H groups in total. The molecule has 0 spiro atoms. The van der Waals surface area contributed by atoms with Crippen molar-refractivity contribution >= 4 is 29.0 Å². The van der Waals surface area contributed by atoms with Gasteiger partial charge in [-0.3, -0.25) is 14.6 Å². The molecule has 2 aromatic heterocycles. The molecule has 0 aliphatic rings. The maximum atomic E-state index is 12.1. The van der Waals surface area contributed by atoms with Crippen LogP contribution in [-0.4, -0.2) is 26.8 Å². The molecule has 2 amide bonds. The van der Waals surface area contributed by atoms with E-state index in [0.29, 0.717) is 18.1 Å². The predicted molar refractivity (Wildman–Crippen MR) is 101 cm³/mol. The fourth-order valence-electron chi connectivity index (χ4n) is 2.26. The molecular formula is C19H18N6O2. The van der Waals surface area contributed by atoms with Crippen LogP contribution < -0.4 is 16.0 Å². The SMILES string of the molecule is CC(=O)Nc1ccc(Nc2cnc(C(=O)NCc3ccccn3)cn2)cc1. The summed E-state index contributed by atoms with van der Waals surface area (Å²) in [5.74, 6) is 0.0569. The van der Waals surface area contributed by atoms with Crippen molar-refractivity contribution in [3.05, 3.63) is 72.4 Å². The smallest absolute Gasteiger partial charge is 0.271 e. The highest BCUT2D eigenvalue weighted by Crippen LogP contribution is 2.17. The molecular weight excluding hydrogens is 344 g/mol. The Morgan fingerprint density at radius 1 is 0.926 bits per heavy atom. The van der Waals surface area contributed by atoms with E-state index in [0.717, 1.165) is 11.4 Å². The van der Waals surface area contributed by atoms with Crippen LogP contribution in [0.5, 0.6) is 0 Å². The molecule has 27 heavy (non-hydrogen) atoms. The van der Waals surface area contributed by atoms with Crippen molar-refractivity contribution in [3.8, 4) is 0 Å².